The Bertz CT molecular complexity index is 919. The van der Waals surface area contributed by atoms with Gasteiger partial charge in [0.05, 0.1) is 29.0 Å². The van der Waals surface area contributed by atoms with E-state index < -0.39 is 0 Å². The number of fused-ring (bicyclic) bond motifs is 1. The van der Waals surface area contributed by atoms with Gasteiger partial charge in [0, 0.05) is 18.8 Å². The zero-order valence-electron chi connectivity index (χ0n) is 15.6. The molecule has 0 saturated carbocycles. The predicted molar refractivity (Wildman–Crippen MR) is 106 cm³/mol. The van der Waals surface area contributed by atoms with Gasteiger partial charge >= 0.3 is 6.03 Å². The number of para-hydroxylation sites is 2. The van der Waals surface area contributed by atoms with Crippen molar-refractivity contribution in [3.63, 3.8) is 0 Å². The van der Waals surface area contributed by atoms with E-state index >= 15 is 0 Å². The fourth-order valence-corrected chi connectivity index (χ4v) is 3.64. The minimum Gasteiger partial charge on any atom is -0.341 e. The summed E-state index contributed by atoms with van der Waals surface area (Å²) in [5.41, 5.74) is 3.73. The van der Waals surface area contributed by atoms with Crippen LogP contribution in [-0.2, 0) is 0 Å². The Morgan fingerprint density at radius 2 is 2.15 bits per heavy atom. The van der Waals surface area contributed by atoms with Gasteiger partial charge in [0.25, 0.3) is 0 Å². The van der Waals surface area contributed by atoms with Crippen molar-refractivity contribution in [1.29, 1.82) is 0 Å². The van der Waals surface area contributed by atoms with E-state index in [9.17, 15) is 4.79 Å². The summed E-state index contributed by atoms with van der Waals surface area (Å²) < 4.78 is 0. The third-order valence-corrected chi connectivity index (χ3v) is 5.06. The average molecular weight is 364 g/mol. The number of aromatic amines is 1. The summed E-state index contributed by atoms with van der Waals surface area (Å²) in [6, 6.07) is 9.99. The molecule has 1 saturated heterocycles. The van der Waals surface area contributed by atoms with E-state index in [1.54, 1.807) is 12.4 Å². The molecular formula is C20H24N6O. The highest BCUT2D eigenvalue weighted by Crippen LogP contribution is 2.29. The van der Waals surface area contributed by atoms with E-state index in [0.29, 0.717) is 5.69 Å². The Morgan fingerprint density at radius 3 is 2.96 bits per heavy atom. The first-order valence-corrected chi connectivity index (χ1v) is 9.22. The van der Waals surface area contributed by atoms with Crippen molar-refractivity contribution >= 4 is 22.8 Å². The molecule has 0 aliphatic carbocycles. The molecule has 7 heteroatoms. The van der Waals surface area contributed by atoms with Crippen LogP contribution < -0.4 is 10.6 Å². The van der Waals surface area contributed by atoms with Gasteiger partial charge < -0.3 is 15.6 Å². The number of amides is 2. The number of likely N-dealkylation sites (tertiary alicyclic amines) is 1. The molecule has 1 aliphatic rings. The quantitative estimate of drug-likeness (QED) is 0.666. The third-order valence-electron chi connectivity index (χ3n) is 5.06. The van der Waals surface area contributed by atoms with E-state index in [0.717, 1.165) is 41.8 Å². The number of aryl methyl sites for hydroxylation is 1. The van der Waals surface area contributed by atoms with Crippen LogP contribution in [0.25, 0.3) is 11.0 Å². The van der Waals surface area contributed by atoms with Gasteiger partial charge in [-0.1, -0.05) is 12.1 Å². The number of rotatable bonds is 3. The number of urea groups is 1. The summed E-state index contributed by atoms with van der Waals surface area (Å²) in [7, 11) is 2.10. The average Bonchev–Trinajstić information content (AvgIpc) is 3.07. The Hall–Kier alpha value is -2.93. The van der Waals surface area contributed by atoms with Gasteiger partial charge in [-0.3, -0.25) is 9.88 Å². The van der Waals surface area contributed by atoms with Crippen LogP contribution in [0.4, 0.5) is 10.5 Å². The molecule has 1 unspecified atom stereocenters. The van der Waals surface area contributed by atoms with Crippen molar-refractivity contribution in [2.75, 3.05) is 18.9 Å². The molecule has 2 amide bonds. The molecule has 7 nitrogen and oxygen atoms in total. The van der Waals surface area contributed by atoms with Gasteiger partial charge in [-0.2, -0.15) is 0 Å². The minimum absolute atomic E-state index is 0.0946. The lowest BCUT2D eigenvalue weighted by Crippen LogP contribution is -2.46. The number of aromatic nitrogens is 3. The van der Waals surface area contributed by atoms with E-state index in [1.807, 2.05) is 37.3 Å². The number of benzene rings is 1. The molecule has 0 spiro atoms. The molecule has 0 bridgehead atoms. The van der Waals surface area contributed by atoms with Crippen molar-refractivity contribution in [2.24, 2.45) is 0 Å². The normalized spacial score (nSPS) is 20.5. The molecule has 1 fully saturated rings. The predicted octanol–water partition coefficient (Wildman–Crippen LogP) is 3.22. The molecule has 0 radical (unpaired) electrons. The van der Waals surface area contributed by atoms with Crippen LogP contribution in [0.5, 0.6) is 0 Å². The lowest BCUT2D eigenvalue weighted by atomic mass is 9.97. The van der Waals surface area contributed by atoms with Crippen molar-refractivity contribution in [1.82, 2.24) is 25.2 Å². The Balaban J connectivity index is 1.43. The van der Waals surface area contributed by atoms with Crippen molar-refractivity contribution in [2.45, 2.75) is 31.8 Å². The van der Waals surface area contributed by atoms with E-state index in [2.05, 4.69) is 32.5 Å². The van der Waals surface area contributed by atoms with Crippen LogP contribution in [0.15, 0.2) is 42.7 Å². The van der Waals surface area contributed by atoms with E-state index in [1.165, 1.54) is 0 Å². The smallest absolute Gasteiger partial charge is 0.319 e. The van der Waals surface area contributed by atoms with Gasteiger partial charge in [0.2, 0.25) is 0 Å². The second-order valence-corrected chi connectivity index (χ2v) is 7.21. The first-order valence-electron chi connectivity index (χ1n) is 9.22. The Labute approximate surface area is 158 Å². The van der Waals surface area contributed by atoms with Crippen molar-refractivity contribution in [3.8, 4) is 0 Å². The maximum absolute atomic E-state index is 12.4. The number of anilines is 1. The van der Waals surface area contributed by atoms with Gasteiger partial charge in [-0.05, 0) is 50.6 Å². The summed E-state index contributed by atoms with van der Waals surface area (Å²) in [5.74, 6) is 0.952. The highest BCUT2D eigenvalue weighted by atomic mass is 16.2. The van der Waals surface area contributed by atoms with Crippen molar-refractivity contribution < 1.29 is 4.79 Å². The van der Waals surface area contributed by atoms with Crippen LogP contribution in [-0.4, -0.2) is 45.5 Å². The third kappa shape index (κ3) is 3.93. The Morgan fingerprint density at radius 1 is 1.30 bits per heavy atom. The van der Waals surface area contributed by atoms with Crippen LogP contribution in [0.3, 0.4) is 0 Å². The fraction of sp³-hybridized carbons (Fsp3) is 0.350. The van der Waals surface area contributed by atoms with E-state index in [4.69, 9.17) is 4.98 Å². The maximum atomic E-state index is 12.4. The highest BCUT2D eigenvalue weighted by Gasteiger charge is 2.30. The number of nitrogens with one attached hydrogen (secondary N) is 3. The summed E-state index contributed by atoms with van der Waals surface area (Å²) in [4.78, 5) is 26.9. The molecule has 3 aromatic rings. The molecule has 1 aromatic carbocycles. The first kappa shape index (κ1) is 17.5. The number of nitrogens with zero attached hydrogens (tertiary/aromatic N) is 3. The maximum Gasteiger partial charge on any atom is 0.319 e. The highest BCUT2D eigenvalue weighted by molar-refractivity contribution is 5.89. The number of pyridine rings is 1. The number of piperidine rings is 1. The second-order valence-electron chi connectivity index (χ2n) is 7.21. The zero-order chi connectivity index (χ0) is 18.8. The molecule has 1 aliphatic heterocycles. The first-order chi connectivity index (χ1) is 13.1. The van der Waals surface area contributed by atoms with Gasteiger partial charge in [0.1, 0.15) is 5.82 Å². The largest absolute Gasteiger partial charge is 0.341 e. The standard InChI is InChI=1S/C20H24N6O/c1-13-9-15(12-21-11-13)23-20(27)22-14-7-8-26(2)18(10-14)19-24-16-5-3-4-6-17(16)25-19/h3-6,9,11-12,14,18H,7-8,10H2,1-2H3,(H,24,25)(H2,22,23,27)/t14-,18?/m1/s1. The summed E-state index contributed by atoms with van der Waals surface area (Å²) in [5, 5.41) is 5.96. The van der Waals surface area contributed by atoms with Crippen LogP contribution in [0.1, 0.15) is 30.3 Å². The SMILES string of the molecule is Cc1cncc(NC(=O)N[C@@H]2CCN(C)C(c3nc4ccccc4[nH]3)C2)c1. The number of hydrogen-bond acceptors (Lipinski definition) is 4. The molecular weight excluding hydrogens is 340 g/mol. The summed E-state index contributed by atoms with van der Waals surface area (Å²) in [6.07, 6.45) is 5.14. The minimum atomic E-state index is -0.194. The number of H-pyrrole nitrogens is 1. The van der Waals surface area contributed by atoms with Crippen LogP contribution in [0.2, 0.25) is 0 Å². The molecule has 3 heterocycles. The van der Waals surface area contributed by atoms with Gasteiger partial charge in [0.15, 0.2) is 0 Å². The molecule has 4 rings (SSSR count). The second kappa shape index (κ2) is 7.36. The summed E-state index contributed by atoms with van der Waals surface area (Å²) >= 11 is 0. The van der Waals surface area contributed by atoms with Gasteiger partial charge in [-0.15, -0.1) is 0 Å². The van der Waals surface area contributed by atoms with Crippen molar-refractivity contribution in [3.05, 3.63) is 54.1 Å². The zero-order valence-corrected chi connectivity index (χ0v) is 15.6. The molecule has 27 heavy (non-hydrogen) atoms. The fourth-order valence-electron chi connectivity index (χ4n) is 3.64. The monoisotopic (exact) mass is 364 g/mol. The molecule has 140 valence electrons. The number of hydrogen-bond donors (Lipinski definition) is 3. The lowest BCUT2D eigenvalue weighted by Gasteiger charge is -2.36. The number of carbonyl (C=O) groups excluding carboxylic acids is 1. The molecule has 3 N–H and O–H groups in total. The van der Waals surface area contributed by atoms with Gasteiger partial charge in [-0.25, -0.2) is 9.78 Å². The van der Waals surface area contributed by atoms with Crippen LogP contribution in [0, 0.1) is 6.92 Å². The molecule has 2 aromatic heterocycles. The topological polar surface area (TPSA) is 85.9 Å². The molecule has 2 atom stereocenters. The lowest BCUT2D eigenvalue weighted by molar-refractivity contribution is 0.153. The van der Waals surface area contributed by atoms with E-state index in [-0.39, 0.29) is 18.1 Å². The number of imidazole rings is 1. The number of carbonyl (C=O) groups is 1. The van der Waals surface area contributed by atoms with Crippen LogP contribution >= 0.6 is 0 Å². The summed E-state index contributed by atoms with van der Waals surface area (Å²) in [6.45, 7) is 2.85. The Kier molecular flexibility index (Phi) is 4.77.